The maximum absolute atomic E-state index is 5.79. The predicted octanol–water partition coefficient (Wildman–Crippen LogP) is 3.52. The summed E-state index contributed by atoms with van der Waals surface area (Å²) >= 11 is 0. The Morgan fingerprint density at radius 1 is 1.13 bits per heavy atom. The number of rotatable bonds is 5. The molecule has 0 atom stereocenters. The summed E-state index contributed by atoms with van der Waals surface area (Å²) in [5.41, 5.74) is 3.59. The Labute approximate surface area is 92.6 Å². The molecule has 0 heterocycles. The molecule has 0 saturated carbocycles. The van der Waals surface area contributed by atoms with Crippen LogP contribution >= 0.6 is 0 Å². The zero-order valence-corrected chi connectivity index (χ0v) is 10.2. The molecule has 0 radical (unpaired) electrons. The van der Waals surface area contributed by atoms with E-state index in [0.29, 0.717) is 0 Å². The van der Waals surface area contributed by atoms with E-state index in [1.54, 1.807) is 0 Å². The molecule has 0 aliphatic carbocycles. The van der Waals surface area contributed by atoms with E-state index in [1.165, 1.54) is 11.1 Å². The van der Waals surface area contributed by atoms with E-state index in [1.807, 2.05) is 0 Å². The zero-order valence-electron chi connectivity index (χ0n) is 10.2. The molecule has 0 spiro atoms. The lowest BCUT2D eigenvalue weighted by atomic mass is 10.1. The molecule has 1 N–H and O–H groups in total. The molecule has 0 fully saturated rings. The average molecular weight is 207 g/mol. The van der Waals surface area contributed by atoms with Gasteiger partial charge in [-0.3, -0.25) is 0 Å². The molecule has 84 valence electrons. The van der Waals surface area contributed by atoms with Crippen LogP contribution in [0.15, 0.2) is 12.1 Å². The van der Waals surface area contributed by atoms with Gasteiger partial charge in [0.2, 0.25) is 0 Å². The molecular weight excluding hydrogens is 186 g/mol. The van der Waals surface area contributed by atoms with Crippen LogP contribution in [0.3, 0.4) is 0 Å². The second kappa shape index (κ2) is 5.64. The molecule has 1 aromatic rings. The van der Waals surface area contributed by atoms with Gasteiger partial charge in [0.1, 0.15) is 5.75 Å². The third-order valence-corrected chi connectivity index (χ3v) is 2.37. The van der Waals surface area contributed by atoms with Gasteiger partial charge in [0.25, 0.3) is 0 Å². The number of nitrogens with one attached hydrogen (secondary N) is 1. The van der Waals surface area contributed by atoms with Crippen molar-refractivity contribution in [1.82, 2.24) is 0 Å². The fourth-order valence-electron chi connectivity index (χ4n) is 1.57. The average Bonchev–Trinajstić information content (AvgIpc) is 2.23. The largest absolute Gasteiger partial charge is 0.491 e. The van der Waals surface area contributed by atoms with Gasteiger partial charge in [-0.2, -0.15) is 0 Å². The lowest BCUT2D eigenvalue weighted by Crippen LogP contribution is -2.05. The van der Waals surface area contributed by atoms with Gasteiger partial charge in [-0.25, -0.2) is 0 Å². The van der Waals surface area contributed by atoms with Crippen molar-refractivity contribution in [3.8, 4) is 5.75 Å². The number of ether oxygens (including phenoxy) is 1. The monoisotopic (exact) mass is 207 g/mol. The summed E-state index contributed by atoms with van der Waals surface area (Å²) in [4.78, 5) is 0. The van der Waals surface area contributed by atoms with Crippen molar-refractivity contribution in [3.63, 3.8) is 0 Å². The van der Waals surface area contributed by atoms with Crippen molar-refractivity contribution in [2.24, 2.45) is 0 Å². The van der Waals surface area contributed by atoms with E-state index in [4.69, 9.17) is 4.74 Å². The highest BCUT2D eigenvalue weighted by Crippen LogP contribution is 2.31. The summed E-state index contributed by atoms with van der Waals surface area (Å²) in [6.07, 6.45) is 1.04. The normalized spacial score (nSPS) is 10.1. The van der Waals surface area contributed by atoms with E-state index in [2.05, 4.69) is 45.1 Å². The van der Waals surface area contributed by atoms with Crippen LogP contribution in [0.1, 0.15) is 31.4 Å². The molecule has 0 bridgehead atoms. The summed E-state index contributed by atoms with van der Waals surface area (Å²) in [6, 6.07) is 4.24. The van der Waals surface area contributed by atoms with Crippen molar-refractivity contribution < 1.29 is 4.74 Å². The van der Waals surface area contributed by atoms with Crippen molar-refractivity contribution in [1.29, 1.82) is 0 Å². The van der Waals surface area contributed by atoms with E-state index in [0.717, 1.165) is 31.0 Å². The van der Waals surface area contributed by atoms with Crippen molar-refractivity contribution in [2.75, 3.05) is 18.5 Å². The Balaban J connectivity index is 3.01. The molecule has 0 amide bonds. The van der Waals surface area contributed by atoms with Crippen molar-refractivity contribution in [3.05, 3.63) is 23.3 Å². The summed E-state index contributed by atoms with van der Waals surface area (Å²) in [5, 5.41) is 3.37. The van der Waals surface area contributed by atoms with Crippen LogP contribution in [0, 0.1) is 13.8 Å². The van der Waals surface area contributed by atoms with Crippen molar-refractivity contribution >= 4 is 5.69 Å². The maximum Gasteiger partial charge on any atom is 0.145 e. The minimum absolute atomic E-state index is 0.780. The highest BCUT2D eigenvalue weighted by Gasteiger charge is 2.08. The Hall–Kier alpha value is -1.18. The molecular formula is C13H21NO. The molecule has 2 nitrogen and oxygen atoms in total. The van der Waals surface area contributed by atoms with Gasteiger partial charge in [0.15, 0.2) is 0 Å². The fourth-order valence-corrected chi connectivity index (χ4v) is 1.57. The Morgan fingerprint density at radius 2 is 1.80 bits per heavy atom. The van der Waals surface area contributed by atoms with Crippen LogP contribution in [0.4, 0.5) is 5.69 Å². The van der Waals surface area contributed by atoms with E-state index in [9.17, 15) is 0 Å². The SMILES string of the molecule is CCCOc1c(C)ccc(C)c1NCC. The van der Waals surface area contributed by atoms with Gasteiger partial charge < -0.3 is 10.1 Å². The quantitative estimate of drug-likeness (QED) is 0.797. The van der Waals surface area contributed by atoms with Gasteiger partial charge >= 0.3 is 0 Å². The number of hydrogen-bond acceptors (Lipinski definition) is 2. The maximum atomic E-state index is 5.79. The van der Waals surface area contributed by atoms with Gasteiger partial charge in [-0.15, -0.1) is 0 Å². The summed E-state index contributed by atoms with van der Waals surface area (Å²) in [6.45, 7) is 10.1. The van der Waals surface area contributed by atoms with E-state index in [-0.39, 0.29) is 0 Å². The standard InChI is InChI=1S/C13H21NO/c1-5-9-15-13-11(4)8-7-10(3)12(13)14-6-2/h7-8,14H,5-6,9H2,1-4H3. The Kier molecular flexibility index (Phi) is 4.47. The second-order valence-corrected chi connectivity index (χ2v) is 3.78. The lowest BCUT2D eigenvalue weighted by Gasteiger charge is -2.16. The smallest absolute Gasteiger partial charge is 0.145 e. The van der Waals surface area contributed by atoms with Crippen molar-refractivity contribution in [2.45, 2.75) is 34.1 Å². The first kappa shape index (κ1) is 11.9. The Morgan fingerprint density at radius 3 is 2.40 bits per heavy atom. The third-order valence-electron chi connectivity index (χ3n) is 2.37. The second-order valence-electron chi connectivity index (χ2n) is 3.78. The highest BCUT2D eigenvalue weighted by molar-refractivity contribution is 5.64. The molecule has 1 aromatic carbocycles. The van der Waals surface area contributed by atoms with Crippen LogP contribution in [0.5, 0.6) is 5.75 Å². The number of aryl methyl sites for hydroxylation is 2. The van der Waals surface area contributed by atoms with E-state index < -0.39 is 0 Å². The zero-order chi connectivity index (χ0) is 11.3. The molecule has 1 rings (SSSR count). The molecule has 0 unspecified atom stereocenters. The third kappa shape index (κ3) is 2.88. The molecule has 0 aliphatic heterocycles. The summed E-state index contributed by atoms with van der Waals surface area (Å²) in [5.74, 6) is 1.01. The van der Waals surface area contributed by atoms with Crippen LogP contribution in [-0.4, -0.2) is 13.2 Å². The number of anilines is 1. The van der Waals surface area contributed by atoms with Gasteiger partial charge in [-0.05, 0) is 38.3 Å². The first-order chi connectivity index (χ1) is 7.20. The molecule has 2 heteroatoms. The highest BCUT2D eigenvalue weighted by atomic mass is 16.5. The topological polar surface area (TPSA) is 21.3 Å². The first-order valence-corrected chi connectivity index (χ1v) is 5.67. The predicted molar refractivity (Wildman–Crippen MR) is 65.9 cm³/mol. The summed E-state index contributed by atoms with van der Waals surface area (Å²) in [7, 11) is 0. The Bertz CT molecular complexity index is 321. The fraction of sp³-hybridized carbons (Fsp3) is 0.538. The summed E-state index contributed by atoms with van der Waals surface area (Å²) < 4.78 is 5.79. The molecule has 0 aliphatic rings. The van der Waals surface area contributed by atoms with Crippen LogP contribution < -0.4 is 10.1 Å². The van der Waals surface area contributed by atoms with E-state index >= 15 is 0 Å². The van der Waals surface area contributed by atoms with Gasteiger partial charge in [0, 0.05) is 6.54 Å². The number of hydrogen-bond donors (Lipinski definition) is 1. The van der Waals surface area contributed by atoms with Crippen LogP contribution in [0.2, 0.25) is 0 Å². The molecule has 0 saturated heterocycles. The minimum atomic E-state index is 0.780. The molecule has 15 heavy (non-hydrogen) atoms. The van der Waals surface area contributed by atoms with Gasteiger partial charge in [-0.1, -0.05) is 19.1 Å². The minimum Gasteiger partial charge on any atom is -0.491 e. The van der Waals surface area contributed by atoms with Crippen LogP contribution in [-0.2, 0) is 0 Å². The van der Waals surface area contributed by atoms with Gasteiger partial charge in [0.05, 0.1) is 12.3 Å². The first-order valence-electron chi connectivity index (χ1n) is 5.67. The molecule has 0 aromatic heterocycles. The van der Waals surface area contributed by atoms with Crippen LogP contribution in [0.25, 0.3) is 0 Å². The lowest BCUT2D eigenvalue weighted by molar-refractivity contribution is 0.316. The number of benzene rings is 1.